The molecule has 0 spiro atoms. The van der Waals surface area contributed by atoms with Gasteiger partial charge in [0.05, 0.1) is 0 Å². The fraction of sp³-hybridized carbons (Fsp3) is 0. The highest BCUT2D eigenvalue weighted by molar-refractivity contribution is 5.82. The van der Waals surface area contributed by atoms with Crippen molar-refractivity contribution in [3.05, 3.63) is 145 Å². The van der Waals surface area contributed by atoms with Crippen molar-refractivity contribution in [2.45, 2.75) is 0 Å². The summed E-state index contributed by atoms with van der Waals surface area (Å²) in [6.45, 7) is 6.61. The summed E-state index contributed by atoms with van der Waals surface area (Å²) in [4.78, 5) is 22.1. The molecule has 3 aromatic rings. The van der Waals surface area contributed by atoms with E-state index in [1.54, 1.807) is 66.8 Å². The first-order valence-corrected chi connectivity index (χ1v) is 11.6. The van der Waals surface area contributed by atoms with E-state index in [2.05, 4.69) is 13.2 Å². The molecule has 3 aromatic carbocycles. The predicted octanol–water partition coefficient (Wildman–Crippen LogP) is 7.32. The van der Waals surface area contributed by atoms with Crippen molar-refractivity contribution in [1.82, 2.24) is 0 Å². The molecule has 0 N–H and O–H groups in total. The normalized spacial score (nSPS) is 11.2. The molecule has 39 heavy (non-hydrogen) atoms. The highest BCUT2D eigenvalue weighted by Crippen LogP contribution is 2.22. The van der Waals surface area contributed by atoms with Crippen molar-refractivity contribution in [3.8, 4) is 11.5 Å². The van der Waals surface area contributed by atoms with Crippen molar-refractivity contribution >= 4 is 36.2 Å². The molecule has 6 nitrogen and oxygen atoms in total. The summed E-state index contributed by atoms with van der Waals surface area (Å²) in [7, 11) is 0. The number of halogens is 1. The van der Waals surface area contributed by atoms with E-state index in [1.165, 1.54) is 18.6 Å². The van der Waals surface area contributed by atoms with Crippen LogP contribution in [0.5, 0.6) is 11.5 Å². The van der Waals surface area contributed by atoms with Gasteiger partial charge in [0.15, 0.2) is 0 Å². The van der Waals surface area contributed by atoms with Crippen LogP contribution in [0.2, 0.25) is 0 Å². The third-order valence-corrected chi connectivity index (χ3v) is 4.92. The Morgan fingerprint density at radius 2 is 1.28 bits per heavy atom. The van der Waals surface area contributed by atoms with Crippen LogP contribution in [-0.4, -0.2) is 11.9 Å². The molecule has 0 aromatic heterocycles. The van der Waals surface area contributed by atoms with Gasteiger partial charge in [-0.25, -0.2) is 14.0 Å². The van der Waals surface area contributed by atoms with Crippen molar-refractivity contribution in [2.24, 2.45) is 0 Å². The van der Waals surface area contributed by atoms with E-state index < -0.39 is 11.9 Å². The topological polar surface area (TPSA) is 71.1 Å². The maximum atomic E-state index is 14.8. The second-order valence-corrected chi connectivity index (χ2v) is 7.62. The lowest BCUT2D eigenvalue weighted by atomic mass is 10.1. The lowest BCUT2D eigenvalue weighted by molar-refractivity contribution is -0.133. The van der Waals surface area contributed by atoms with Gasteiger partial charge in [0.25, 0.3) is 0 Å². The first-order chi connectivity index (χ1) is 19.0. The Balaban J connectivity index is 1.64. The minimum absolute atomic E-state index is 0.385. The molecule has 7 heteroatoms. The van der Waals surface area contributed by atoms with Gasteiger partial charge in [0.1, 0.15) is 42.4 Å². The molecule has 196 valence electrons. The van der Waals surface area contributed by atoms with E-state index in [9.17, 15) is 14.0 Å². The Morgan fingerprint density at radius 1 is 0.641 bits per heavy atom. The predicted molar refractivity (Wildman–Crippen MR) is 149 cm³/mol. The van der Waals surface area contributed by atoms with Gasteiger partial charge in [-0.2, -0.15) is 0 Å². The van der Waals surface area contributed by atoms with Crippen LogP contribution < -0.4 is 9.47 Å². The average Bonchev–Trinajstić information content (AvgIpc) is 2.96. The Hall–Kier alpha value is -5.43. The molecule has 0 aliphatic rings. The third-order valence-electron chi connectivity index (χ3n) is 4.92. The Bertz CT molecular complexity index is 1450. The zero-order chi connectivity index (χ0) is 27.9. The minimum atomic E-state index is -0.594. The van der Waals surface area contributed by atoms with Crippen LogP contribution in [0.4, 0.5) is 4.39 Å². The summed E-state index contributed by atoms with van der Waals surface area (Å²) in [5, 5.41) is 0. The number of carbonyl (C=O) groups excluding carboxylic acids is 2. The Labute approximate surface area is 225 Å². The third kappa shape index (κ3) is 9.51. The van der Waals surface area contributed by atoms with E-state index in [4.69, 9.17) is 18.9 Å². The number of benzene rings is 3. The number of ether oxygens (including phenoxy) is 4. The number of hydrogen-bond donors (Lipinski definition) is 0. The summed E-state index contributed by atoms with van der Waals surface area (Å²) < 4.78 is 35.2. The highest BCUT2D eigenvalue weighted by Gasteiger charge is 2.02. The fourth-order valence-corrected chi connectivity index (χ4v) is 3.06. The summed E-state index contributed by atoms with van der Waals surface area (Å²) in [5.41, 5.74) is 2.61. The molecule has 0 aliphatic carbocycles. The van der Waals surface area contributed by atoms with Gasteiger partial charge in [-0.05, 0) is 35.4 Å². The molecular formula is C32H25FO6. The summed E-state index contributed by atoms with van der Waals surface area (Å²) >= 11 is 0. The maximum absolute atomic E-state index is 14.8. The molecule has 0 heterocycles. The molecule has 0 saturated heterocycles. The fourth-order valence-electron chi connectivity index (χ4n) is 3.06. The molecule has 0 amide bonds. The molecule has 0 saturated carbocycles. The van der Waals surface area contributed by atoms with Gasteiger partial charge in [0, 0.05) is 23.3 Å². The molecule has 0 aliphatic heterocycles. The summed E-state index contributed by atoms with van der Waals surface area (Å²) in [6.07, 6.45) is 13.8. The van der Waals surface area contributed by atoms with Gasteiger partial charge in [-0.1, -0.05) is 79.9 Å². The smallest absolute Gasteiger partial charge is 0.335 e. The molecule has 0 bridgehead atoms. The van der Waals surface area contributed by atoms with Crippen LogP contribution in [0, 0.1) is 5.82 Å². The minimum Gasteiger partial charge on any atom is -0.462 e. The first-order valence-electron chi connectivity index (χ1n) is 11.6. The Kier molecular flexibility index (Phi) is 10.8. The number of hydrogen-bond acceptors (Lipinski definition) is 6. The first kappa shape index (κ1) is 28.1. The quantitative estimate of drug-likeness (QED) is 0.107. The monoisotopic (exact) mass is 524 g/mol. The van der Waals surface area contributed by atoms with E-state index in [0.29, 0.717) is 22.6 Å². The summed E-state index contributed by atoms with van der Waals surface area (Å²) in [6, 6.07) is 19.3. The van der Waals surface area contributed by atoms with Crippen LogP contribution in [0.3, 0.4) is 0 Å². The number of para-hydroxylation sites is 1. The number of rotatable bonds is 12. The van der Waals surface area contributed by atoms with Crippen molar-refractivity contribution < 1.29 is 32.9 Å². The van der Waals surface area contributed by atoms with E-state index in [-0.39, 0.29) is 5.82 Å². The molecule has 0 unspecified atom stereocenters. The van der Waals surface area contributed by atoms with Crippen LogP contribution in [0.1, 0.15) is 22.3 Å². The Morgan fingerprint density at radius 3 is 1.97 bits per heavy atom. The van der Waals surface area contributed by atoms with E-state index in [0.717, 1.165) is 35.8 Å². The second kappa shape index (κ2) is 15.0. The SMILES string of the molecule is C=CC(=O)OC=COc1cccc(C=Cc2ccc(C=Cc3ccccc3OC=COC(=O)C=C)cc2F)c1. The molecule has 0 atom stereocenters. The second-order valence-electron chi connectivity index (χ2n) is 7.62. The van der Waals surface area contributed by atoms with Crippen LogP contribution in [0.25, 0.3) is 24.3 Å². The molecular weight excluding hydrogens is 499 g/mol. The zero-order valence-electron chi connectivity index (χ0n) is 20.9. The van der Waals surface area contributed by atoms with Crippen LogP contribution in [0.15, 0.2) is 117 Å². The average molecular weight is 525 g/mol. The van der Waals surface area contributed by atoms with Gasteiger partial charge in [-0.3, -0.25) is 0 Å². The largest absolute Gasteiger partial charge is 0.462 e. The van der Waals surface area contributed by atoms with Gasteiger partial charge in [-0.15, -0.1) is 0 Å². The van der Waals surface area contributed by atoms with Gasteiger partial charge < -0.3 is 18.9 Å². The van der Waals surface area contributed by atoms with Crippen molar-refractivity contribution in [3.63, 3.8) is 0 Å². The number of esters is 2. The number of carbonyl (C=O) groups is 2. The molecule has 0 fully saturated rings. The van der Waals surface area contributed by atoms with Crippen molar-refractivity contribution in [1.29, 1.82) is 0 Å². The maximum Gasteiger partial charge on any atom is 0.335 e. The van der Waals surface area contributed by atoms with Crippen LogP contribution >= 0.6 is 0 Å². The highest BCUT2D eigenvalue weighted by atomic mass is 19.1. The lowest BCUT2D eigenvalue weighted by Crippen LogP contribution is -1.93. The van der Waals surface area contributed by atoms with Gasteiger partial charge in [0.2, 0.25) is 0 Å². The summed E-state index contributed by atoms with van der Waals surface area (Å²) in [5.74, 6) is -0.527. The zero-order valence-corrected chi connectivity index (χ0v) is 20.9. The van der Waals surface area contributed by atoms with Crippen molar-refractivity contribution in [2.75, 3.05) is 0 Å². The van der Waals surface area contributed by atoms with Gasteiger partial charge >= 0.3 is 11.9 Å². The molecule has 3 rings (SSSR count). The van der Waals surface area contributed by atoms with E-state index in [1.807, 2.05) is 18.2 Å². The van der Waals surface area contributed by atoms with E-state index >= 15 is 0 Å². The standard InChI is InChI=1S/C32H25FO6/c1-3-31(34)38-20-18-36-28-10-7-8-24(22-28)12-15-26-16-13-25(23-29(26)33)14-17-27-9-5-6-11-30(27)37-19-21-39-32(35)4-2/h3-23H,1-2H2. The lowest BCUT2D eigenvalue weighted by Gasteiger charge is -2.05. The molecule has 0 radical (unpaired) electrons. The van der Waals surface area contributed by atoms with Crippen LogP contribution in [-0.2, 0) is 19.1 Å².